The number of likely N-dealkylation sites (tertiary alicyclic amines) is 1. The van der Waals surface area contributed by atoms with E-state index in [-0.39, 0.29) is 36.4 Å². The lowest BCUT2D eigenvalue weighted by Crippen LogP contribution is -2.29. The molecule has 1 atom stereocenters. The van der Waals surface area contributed by atoms with Crippen molar-refractivity contribution in [1.82, 2.24) is 4.90 Å². The number of carbonyl (C=O) groups is 2. The van der Waals surface area contributed by atoms with Crippen molar-refractivity contribution in [3.05, 3.63) is 33.9 Å². The van der Waals surface area contributed by atoms with Gasteiger partial charge in [-0.2, -0.15) is 0 Å². The summed E-state index contributed by atoms with van der Waals surface area (Å²) >= 11 is 0. The normalized spacial score (nSPS) is 18.2. The van der Waals surface area contributed by atoms with Gasteiger partial charge >= 0.3 is 0 Å². The van der Waals surface area contributed by atoms with E-state index in [0.717, 1.165) is 4.90 Å². The van der Waals surface area contributed by atoms with Gasteiger partial charge in [-0.3, -0.25) is 24.6 Å². The number of hydrogen-bond acceptors (Lipinski definition) is 5. The fraction of sp³-hybridized carbons (Fsp3) is 0.429. The zero-order valence-corrected chi connectivity index (χ0v) is 12.0. The Balaban J connectivity index is 2.25. The minimum atomic E-state index is -0.474. The second kappa shape index (κ2) is 5.90. The fourth-order valence-corrected chi connectivity index (χ4v) is 2.36. The molecule has 7 heteroatoms. The Labute approximate surface area is 122 Å². The molecular formula is C14H17N3O4. The van der Waals surface area contributed by atoms with Gasteiger partial charge in [-0.25, -0.2) is 0 Å². The molecule has 1 aliphatic rings. The molecule has 7 nitrogen and oxygen atoms in total. The van der Waals surface area contributed by atoms with Crippen molar-refractivity contribution in [2.24, 2.45) is 5.92 Å². The number of nitrogens with zero attached hydrogens (tertiary/aromatic N) is 2. The number of nitro benzene ring substituents is 1. The van der Waals surface area contributed by atoms with E-state index in [2.05, 4.69) is 5.32 Å². The van der Waals surface area contributed by atoms with E-state index in [1.165, 1.54) is 6.07 Å². The number of imide groups is 1. The summed E-state index contributed by atoms with van der Waals surface area (Å²) in [7, 11) is 0. The molecule has 2 rings (SSSR count). The van der Waals surface area contributed by atoms with Gasteiger partial charge in [0, 0.05) is 24.9 Å². The maximum atomic E-state index is 11.9. The summed E-state index contributed by atoms with van der Waals surface area (Å²) in [6.45, 7) is 4.20. The summed E-state index contributed by atoms with van der Waals surface area (Å²) in [5.41, 5.74) is 0.944. The number of anilines is 1. The highest BCUT2D eigenvalue weighted by Gasteiger charge is 2.35. The Morgan fingerprint density at radius 3 is 2.67 bits per heavy atom. The van der Waals surface area contributed by atoms with E-state index >= 15 is 0 Å². The SMILES string of the molecule is CCNc1ccc(CN2C(=O)CC(C)C2=O)cc1[N+](=O)[O-]. The molecule has 1 aliphatic heterocycles. The fourth-order valence-electron chi connectivity index (χ4n) is 2.36. The molecule has 1 heterocycles. The van der Waals surface area contributed by atoms with Gasteiger partial charge in [0.15, 0.2) is 0 Å². The summed E-state index contributed by atoms with van der Waals surface area (Å²) in [6.07, 6.45) is 0.205. The van der Waals surface area contributed by atoms with Gasteiger partial charge in [-0.15, -0.1) is 0 Å². The molecule has 1 aromatic rings. The number of nitro groups is 1. The number of benzene rings is 1. The van der Waals surface area contributed by atoms with Crippen LogP contribution in [0.3, 0.4) is 0 Å². The van der Waals surface area contributed by atoms with Crippen molar-refractivity contribution in [2.75, 3.05) is 11.9 Å². The number of amides is 2. The van der Waals surface area contributed by atoms with E-state index in [1.54, 1.807) is 19.1 Å². The maximum Gasteiger partial charge on any atom is 0.292 e. The molecule has 1 N–H and O–H groups in total. The molecule has 1 saturated heterocycles. The third-order valence-corrected chi connectivity index (χ3v) is 3.44. The Morgan fingerprint density at radius 1 is 1.43 bits per heavy atom. The summed E-state index contributed by atoms with van der Waals surface area (Å²) in [5, 5.41) is 14.0. The van der Waals surface area contributed by atoms with Crippen LogP contribution in [0.25, 0.3) is 0 Å². The minimum Gasteiger partial charge on any atom is -0.380 e. The van der Waals surface area contributed by atoms with Crippen molar-refractivity contribution in [3.8, 4) is 0 Å². The van der Waals surface area contributed by atoms with Crippen LogP contribution in [-0.2, 0) is 16.1 Å². The monoisotopic (exact) mass is 291 g/mol. The van der Waals surface area contributed by atoms with Crippen molar-refractivity contribution in [1.29, 1.82) is 0 Å². The average molecular weight is 291 g/mol. The van der Waals surface area contributed by atoms with E-state index < -0.39 is 4.92 Å². The van der Waals surface area contributed by atoms with Crippen LogP contribution in [-0.4, -0.2) is 28.2 Å². The first-order valence-corrected chi connectivity index (χ1v) is 6.79. The first kappa shape index (κ1) is 15.0. The second-order valence-electron chi connectivity index (χ2n) is 5.06. The van der Waals surface area contributed by atoms with Gasteiger partial charge in [0.1, 0.15) is 5.69 Å². The predicted octanol–water partition coefficient (Wildman–Crippen LogP) is 1.92. The Bertz CT molecular complexity index is 600. The van der Waals surface area contributed by atoms with Crippen LogP contribution in [0.15, 0.2) is 18.2 Å². The molecule has 21 heavy (non-hydrogen) atoms. The van der Waals surface area contributed by atoms with Gasteiger partial charge in [0.2, 0.25) is 11.8 Å². The Morgan fingerprint density at radius 2 is 2.14 bits per heavy atom. The molecule has 112 valence electrons. The Kier molecular flexibility index (Phi) is 4.21. The van der Waals surface area contributed by atoms with Crippen molar-refractivity contribution < 1.29 is 14.5 Å². The first-order chi connectivity index (χ1) is 9.93. The van der Waals surface area contributed by atoms with Crippen molar-refractivity contribution >= 4 is 23.2 Å². The van der Waals surface area contributed by atoms with E-state index in [1.807, 2.05) is 6.92 Å². The zero-order chi connectivity index (χ0) is 15.6. The van der Waals surface area contributed by atoms with Crippen LogP contribution in [0.5, 0.6) is 0 Å². The van der Waals surface area contributed by atoms with E-state index in [0.29, 0.717) is 17.8 Å². The molecule has 2 amide bonds. The average Bonchev–Trinajstić information content (AvgIpc) is 2.67. The quantitative estimate of drug-likeness (QED) is 0.508. The molecular weight excluding hydrogens is 274 g/mol. The minimum absolute atomic E-state index is 0.0542. The molecule has 0 aliphatic carbocycles. The maximum absolute atomic E-state index is 11.9. The Hall–Kier alpha value is -2.44. The third-order valence-electron chi connectivity index (χ3n) is 3.44. The largest absolute Gasteiger partial charge is 0.380 e. The van der Waals surface area contributed by atoms with Gasteiger partial charge < -0.3 is 5.32 Å². The summed E-state index contributed by atoms with van der Waals surface area (Å²) in [5.74, 6) is -0.766. The third kappa shape index (κ3) is 3.01. The smallest absolute Gasteiger partial charge is 0.292 e. The van der Waals surface area contributed by atoms with Gasteiger partial charge in [0.05, 0.1) is 11.5 Å². The van der Waals surface area contributed by atoms with Crippen LogP contribution in [0.1, 0.15) is 25.8 Å². The van der Waals surface area contributed by atoms with E-state index in [4.69, 9.17) is 0 Å². The van der Waals surface area contributed by atoms with Crippen LogP contribution in [0.2, 0.25) is 0 Å². The molecule has 0 radical (unpaired) electrons. The molecule has 1 unspecified atom stereocenters. The summed E-state index contributed by atoms with van der Waals surface area (Å²) in [4.78, 5) is 35.4. The molecule has 0 saturated carbocycles. The zero-order valence-electron chi connectivity index (χ0n) is 12.0. The van der Waals surface area contributed by atoms with Crippen molar-refractivity contribution in [3.63, 3.8) is 0 Å². The van der Waals surface area contributed by atoms with Crippen LogP contribution in [0, 0.1) is 16.0 Å². The van der Waals surface area contributed by atoms with Crippen LogP contribution in [0.4, 0.5) is 11.4 Å². The topological polar surface area (TPSA) is 92.6 Å². The highest BCUT2D eigenvalue weighted by atomic mass is 16.6. The highest BCUT2D eigenvalue weighted by molar-refractivity contribution is 6.03. The number of hydrogen-bond donors (Lipinski definition) is 1. The van der Waals surface area contributed by atoms with Crippen LogP contribution >= 0.6 is 0 Å². The standard InChI is InChI=1S/C14H17N3O4/c1-3-15-11-5-4-10(7-12(11)17(20)21)8-16-13(18)6-9(2)14(16)19/h4-5,7,9,15H,3,6,8H2,1-2H3. The van der Waals surface area contributed by atoms with E-state index in [9.17, 15) is 19.7 Å². The number of nitrogens with one attached hydrogen (secondary N) is 1. The number of rotatable bonds is 5. The molecule has 0 aromatic heterocycles. The molecule has 0 spiro atoms. The highest BCUT2D eigenvalue weighted by Crippen LogP contribution is 2.27. The van der Waals surface area contributed by atoms with Crippen LogP contribution < -0.4 is 5.32 Å². The van der Waals surface area contributed by atoms with Crippen molar-refractivity contribution in [2.45, 2.75) is 26.8 Å². The predicted molar refractivity (Wildman–Crippen MR) is 76.6 cm³/mol. The lowest BCUT2D eigenvalue weighted by molar-refractivity contribution is -0.384. The molecule has 0 bridgehead atoms. The second-order valence-corrected chi connectivity index (χ2v) is 5.06. The summed E-state index contributed by atoms with van der Waals surface area (Å²) < 4.78 is 0. The van der Waals surface area contributed by atoms with Gasteiger partial charge in [-0.1, -0.05) is 13.0 Å². The van der Waals surface area contributed by atoms with Gasteiger partial charge in [-0.05, 0) is 18.6 Å². The first-order valence-electron chi connectivity index (χ1n) is 6.79. The lowest BCUT2D eigenvalue weighted by atomic mass is 10.1. The molecule has 1 fully saturated rings. The molecule has 1 aromatic carbocycles. The summed E-state index contributed by atoms with van der Waals surface area (Å²) in [6, 6.07) is 4.70. The lowest BCUT2D eigenvalue weighted by Gasteiger charge is -2.15. The van der Waals surface area contributed by atoms with Gasteiger partial charge in [0.25, 0.3) is 5.69 Å². The number of carbonyl (C=O) groups excluding carboxylic acids is 2.